The van der Waals surface area contributed by atoms with Crippen molar-refractivity contribution in [3.05, 3.63) is 64.1 Å². The first-order valence-electron chi connectivity index (χ1n) is 8.60. The Morgan fingerprint density at radius 3 is 2.62 bits per heavy atom. The van der Waals surface area contributed by atoms with Gasteiger partial charge < -0.3 is 19.9 Å². The number of nitrogens with zero attached hydrogens (tertiary/aromatic N) is 2. The van der Waals surface area contributed by atoms with Gasteiger partial charge in [0.25, 0.3) is 5.56 Å². The van der Waals surface area contributed by atoms with Crippen LogP contribution in [0.3, 0.4) is 0 Å². The molecule has 2 N–H and O–H groups in total. The molecule has 4 rings (SSSR count). The highest BCUT2D eigenvalue weighted by molar-refractivity contribution is 7.80. The average molecular weight is 369 g/mol. The lowest BCUT2D eigenvalue weighted by molar-refractivity contribution is 0.0697. The van der Waals surface area contributed by atoms with E-state index in [9.17, 15) is 9.59 Å². The number of anilines is 1. The molecule has 2 aromatic rings. The fourth-order valence-electron chi connectivity index (χ4n) is 3.96. The van der Waals surface area contributed by atoms with Gasteiger partial charge in [0.05, 0.1) is 5.56 Å². The summed E-state index contributed by atoms with van der Waals surface area (Å²) in [6.45, 7) is 2.33. The number of pyridine rings is 1. The molecule has 2 aliphatic heterocycles. The van der Waals surface area contributed by atoms with Crippen molar-refractivity contribution in [3.8, 4) is 0 Å². The molecule has 134 valence electrons. The highest BCUT2D eigenvalue weighted by atomic mass is 32.1. The van der Waals surface area contributed by atoms with Crippen molar-refractivity contribution in [2.45, 2.75) is 18.9 Å². The van der Waals surface area contributed by atoms with Crippen molar-refractivity contribution in [2.75, 3.05) is 18.4 Å². The van der Waals surface area contributed by atoms with Crippen LogP contribution in [0.4, 0.5) is 5.69 Å². The summed E-state index contributed by atoms with van der Waals surface area (Å²) in [6, 6.07) is 12.0. The lowest BCUT2D eigenvalue weighted by Gasteiger charge is -2.43. The number of thiocarbonyl (C=S) groups is 1. The summed E-state index contributed by atoms with van der Waals surface area (Å²) in [5.41, 5.74) is 2.18. The molecule has 2 bridgehead atoms. The van der Waals surface area contributed by atoms with E-state index in [2.05, 4.69) is 10.2 Å². The lowest BCUT2D eigenvalue weighted by atomic mass is 9.83. The molecule has 1 fully saturated rings. The fraction of sp³-hybridized carbons (Fsp3) is 0.316. The molecule has 0 saturated carbocycles. The summed E-state index contributed by atoms with van der Waals surface area (Å²) >= 11 is 5.57. The van der Waals surface area contributed by atoms with Crippen molar-refractivity contribution in [2.24, 2.45) is 5.92 Å². The quantitative estimate of drug-likeness (QED) is 0.792. The summed E-state index contributed by atoms with van der Waals surface area (Å²) in [5.74, 6) is -0.252. The third-order valence-electron chi connectivity index (χ3n) is 5.15. The zero-order chi connectivity index (χ0) is 18.3. The first-order valence-corrected chi connectivity index (χ1v) is 9.01. The molecule has 26 heavy (non-hydrogen) atoms. The van der Waals surface area contributed by atoms with E-state index < -0.39 is 5.97 Å². The normalized spacial score (nSPS) is 21.0. The minimum absolute atomic E-state index is 0.0740. The first kappa shape index (κ1) is 16.8. The van der Waals surface area contributed by atoms with Gasteiger partial charge >= 0.3 is 5.97 Å². The Kier molecular flexibility index (Phi) is 4.24. The van der Waals surface area contributed by atoms with E-state index in [0.717, 1.165) is 37.4 Å². The molecule has 7 heteroatoms. The number of carboxylic acids is 1. The monoisotopic (exact) mass is 369 g/mol. The van der Waals surface area contributed by atoms with Crippen LogP contribution in [-0.4, -0.2) is 38.7 Å². The van der Waals surface area contributed by atoms with E-state index in [4.69, 9.17) is 17.3 Å². The zero-order valence-corrected chi connectivity index (χ0v) is 14.9. The number of aromatic carboxylic acids is 1. The standard InChI is InChI=1S/C19H19N3O3S/c23-17-3-1-2-16-14-8-12(10-22(16)17)9-21(11-14)19(26)20-15-6-4-13(5-7-15)18(24)25/h1-7,12,14H,8-11H2,(H,20,26)(H,24,25)/t12-,14+/m1/s1. The van der Waals surface area contributed by atoms with E-state index in [1.807, 2.05) is 16.7 Å². The maximum atomic E-state index is 12.1. The number of nitrogens with one attached hydrogen (secondary N) is 1. The zero-order valence-electron chi connectivity index (χ0n) is 14.1. The van der Waals surface area contributed by atoms with E-state index >= 15 is 0 Å². The molecule has 2 aliphatic rings. The predicted octanol–water partition coefficient (Wildman–Crippen LogP) is 2.36. The van der Waals surface area contributed by atoms with Crippen molar-refractivity contribution >= 4 is 29.0 Å². The van der Waals surface area contributed by atoms with Crippen LogP contribution in [0.2, 0.25) is 0 Å². The number of carboxylic acid groups (broad SMARTS) is 1. The summed E-state index contributed by atoms with van der Waals surface area (Å²) in [7, 11) is 0. The largest absolute Gasteiger partial charge is 0.478 e. The second kappa shape index (κ2) is 6.57. The number of fused-ring (bicyclic) bond motifs is 4. The molecule has 1 aromatic carbocycles. The minimum Gasteiger partial charge on any atom is -0.478 e. The molecule has 0 unspecified atom stereocenters. The Morgan fingerprint density at radius 1 is 1.12 bits per heavy atom. The number of hydrogen-bond acceptors (Lipinski definition) is 3. The van der Waals surface area contributed by atoms with Gasteiger partial charge in [0.15, 0.2) is 5.11 Å². The second-order valence-corrected chi connectivity index (χ2v) is 7.30. The third-order valence-corrected chi connectivity index (χ3v) is 5.51. The lowest BCUT2D eigenvalue weighted by Crippen LogP contribution is -2.50. The molecule has 1 aromatic heterocycles. The molecule has 0 aliphatic carbocycles. The number of aromatic nitrogens is 1. The number of likely N-dealkylation sites (tertiary alicyclic amines) is 1. The fourth-order valence-corrected chi connectivity index (χ4v) is 4.23. The molecule has 1 saturated heterocycles. The van der Waals surface area contributed by atoms with E-state index in [0.29, 0.717) is 16.9 Å². The van der Waals surface area contributed by atoms with Crippen molar-refractivity contribution in [3.63, 3.8) is 0 Å². The predicted molar refractivity (Wildman–Crippen MR) is 103 cm³/mol. The molecule has 3 heterocycles. The minimum atomic E-state index is -0.947. The third kappa shape index (κ3) is 3.10. The van der Waals surface area contributed by atoms with Gasteiger partial charge in [0, 0.05) is 43.0 Å². The second-order valence-electron chi connectivity index (χ2n) is 6.92. The summed E-state index contributed by atoms with van der Waals surface area (Å²) in [5, 5.41) is 12.8. The van der Waals surface area contributed by atoms with Crippen molar-refractivity contribution in [1.29, 1.82) is 0 Å². The van der Waals surface area contributed by atoms with Crippen LogP contribution < -0.4 is 10.9 Å². The van der Waals surface area contributed by atoms with Crippen LogP contribution in [0, 0.1) is 5.92 Å². The van der Waals surface area contributed by atoms with Crippen LogP contribution in [0.1, 0.15) is 28.4 Å². The highest BCUT2D eigenvalue weighted by Gasteiger charge is 2.35. The van der Waals surface area contributed by atoms with E-state index in [-0.39, 0.29) is 11.1 Å². The van der Waals surface area contributed by atoms with Gasteiger partial charge in [0.2, 0.25) is 0 Å². The Hall–Kier alpha value is -2.67. The van der Waals surface area contributed by atoms with Gasteiger partial charge in [-0.05, 0) is 54.9 Å². The SMILES string of the molecule is O=C(O)c1ccc(NC(=S)N2C[C@H]3C[C@@H](C2)c2cccc(=O)n2C3)cc1. The van der Waals surface area contributed by atoms with Gasteiger partial charge in [-0.2, -0.15) is 0 Å². The van der Waals surface area contributed by atoms with Crippen LogP contribution in [0.5, 0.6) is 0 Å². The first-order chi connectivity index (χ1) is 12.5. The van der Waals surface area contributed by atoms with Gasteiger partial charge in [-0.25, -0.2) is 4.79 Å². The number of hydrogen-bond donors (Lipinski definition) is 2. The molecule has 0 radical (unpaired) electrons. The maximum absolute atomic E-state index is 12.1. The summed E-state index contributed by atoms with van der Waals surface area (Å²) in [4.78, 5) is 25.2. The molecule has 6 nitrogen and oxygen atoms in total. The van der Waals surface area contributed by atoms with Gasteiger partial charge in [-0.15, -0.1) is 0 Å². The van der Waals surface area contributed by atoms with Crippen LogP contribution in [0.15, 0.2) is 47.3 Å². The Labute approximate surface area is 156 Å². The Balaban J connectivity index is 1.49. The average Bonchev–Trinajstić information content (AvgIpc) is 2.63. The number of benzene rings is 1. The van der Waals surface area contributed by atoms with E-state index in [1.165, 1.54) is 0 Å². The van der Waals surface area contributed by atoms with Crippen LogP contribution in [0.25, 0.3) is 0 Å². The van der Waals surface area contributed by atoms with Crippen LogP contribution >= 0.6 is 12.2 Å². The van der Waals surface area contributed by atoms with Gasteiger partial charge in [-0.3, -0.25) is 4.79 Å². The molecule has 2 atom stereocenters. The topological polar surface area (TPSA) is 74.6 Å². The number of rotatable bonds is 2. The van der Waals surface area contributed by atoms with Crippen molar-refractivity contribution in [1.82, 2.24) is 9.47 Å². The number of piperidine rings is 1. The summed E-state index contributed by atoms with van der Waals surface area (Å²) < 4.78 is 1.90. The molecule has 0 spiro atoms. The number of carbonyl (C=O) groups is 1. The van der Waals surface area contributed by atoms with Crippen molar-refractivity contribution < 1.29 is 9.90 Å². The highest BCUT2D eigenvalue weighted by Crippen LogP contribution is 2.35. The van der Waals surface area contributed by atoms with Crippen LogP contribution in [-0.2, 0) is 6.54 Å². The maximum Gasteiger partial charge on any atom is 0.335 e. The van der Waals surface area contributed by atoms with Gasteiger partial charge in [0.1, 0.15) is 0 Å². The summed E-state index contributed by atoms with van der Waals surface area (Å²) in [6.07, 6.45) is 1.08. The van der Waals surface area contributed by atoms with E-state index in [1.54, 1.807) is 30.3 Å². The smallest absolute Gasteiger partial charge is 0.335 e. The molecular weight excluding hydrogens is 350 g/mol. The van der Waals surface area contributed by atoms with Gasteiger partial charge in [-0.1, -0.05) is 6.07 Å². The Bertz CT molecular complexity index is 922. The molecule has 0 amide bonds. The Morgan fingerprint density at radius 2 is 1.88 bits per heavy atom. The molecular formula is C19H19N3O3S.